The van der Waals surface area contributed by atoms with Gasteiger partial charge in [-0.2, -0.15) is 0 Å². The van der Waals surface area contributed by atoms with Gasteiger partial charge in [-0.1, -0.05) is 32.0 Å². The summed E-state index contributed by atoms with van der Waals surface area (Å²) in [7, 11) is 0. The Labute approximate surface area is 131 Å². The summed E-state index contributed by atoms with van der Waals surface area (Å²) in [6, 6.07) is 18.0. The molecule has 22 heavy (non-hydrogen) atoms. The SMILES string of the molecule is CC(C)Cn1cncc1-c1ccc(Oc2ccccc2)cc1. The highest BCUT2D eigenvalue weighted by molar-refractivity contribution is 5.60. The lowest BCUT2D eigenvalue weighted by molar-refractivity contribution is 0.482. The van der Waals surface area contributed by atoms with Crippen LogP contribution in [0.5, 0.6) is 11.5 Å². The van der Waals surface area contributed by atoms with Crippen LogP contribution in [0.4, 0.5) is 0 Å². The number of ether oxygens (including phenoxy) is 1. The van der Waals surface area contributed by atoms with Crippen molar-refractivity contribution in [2.24, 2.45) is 5.92 Å². The molecule has 3 aromatic rings. The smallest absolute Gasteiger partial charge is 0.127 e. The third-order valence-corrected chi connectivity index (χ3v) is 3.40. The number of nitrogens with zero attached hydrogens (tertiary/aromatic N) is 2. The molecule has 0 fully saturated rings. The molecule has 0 atom stereocenters. The predicted molar refractivity (Wildman–Crippen MR) is 89.0 cm³/mol. The minimum atomic E-state index is 0.591. The summed E-state index contributed by atoms with van der Waals surface area (Å²) in [5.74, 6) is 2.28. The first-order chi connectivity index (χ1) is 10.7. The third kappa shape index (κ3) is 3.37. The van der Waals surface area contributed by atoms with Gasteiger partial charge in [0.25, 0.3) is 0 Å². The first-order valence-corrected chi connectivity index (χ1v) is 7.56. The number of aromatic nitrogens is 2. The molecule has 112 valence electrons. The molecule has 2 aromatic carbocycles. The fourth-order valence-corrected chi connectivity index (χ4v) is 2.42. The molecule has 0 aliphatic rings. The monoisotopic (exact) mass is 292 g/mol. The number of hydrogen-bond donors (Lipinski definition) is 0. The summed E-state index contributed by atoms with van der Waals surface area (Å²) in [6.07, 6.45) is 3.80. The van der Waals surface area contributed by atoms with E-state index in [4.69, 9.17) is 4.74 Å². The summed E-state index contributed by atoms with van der Waals surface area (Å²) in [5, 5.41) is 0. The highest BCUT2D eigenvalue weighted by Crippen LogP contribution is 2.26. The molecule has 0 radical (unpaired) electrons. The van der Waals surface area contributed by atoms with Crippen LogP contribution in [0, 0.1) is 5.92 Å². The molecule has 1 heterocycles. The standard InChI is InChI=1S/C19H20N2O/c1-15(2)13-21-14-20-12-19(21)16-8-10-18(11-9-16)22-17-6-4-3-5-7-17/h3-12,14-15H,13H2,1-2H3. The van der Waals surface area contributed by atoms with E-state index >= 15 is 0 Å². The molecular formula is C19H20N2O. The Bertz CT molecular complexity index is 715. The Balaban J connectivity index is 1.78. The van der Waals surface area contributed by atoms with E-state index in [9.17, 15) is 0 Å². The maximum Gasteiger partial charge on any atom is 0.127 e. The van der Waals surface area contributed by atoms with Crippen molar-refractivity contribution in [1.29, 1.82) is 0 Å². The largest absolute Gasteiger partial charge is 0.457 e. The van der Waals surface area contributed by atoms with Crippen LogP contribution in [0.25, 0.3) is 11.3 Å². The lowest BCUT2D eigenvalue weighted by Crippen LogP contribution is -2.04. The van der Waals surface area contributed by atoms with Crippen LogP contribution in [0.1, 0.15) is 13.8 Å². The number of hydrogen-bond acceptors (Lipinski definition) is 2. The van der Waals surface area contributed by atoms with Crippen molar-refractivity contribution < 1.29 is 4.74 Å². The van der Waals surface area contributed by atoms with Crippen molar-refractivity contribution in [3.05, 3.63) is 67.1 Å². The molecule has 0 amide bonds. The zero-order chi connectivity index (χ0) is 15.4. The number of imidazole rings is 1. The summed E-state index contributed by atoms with van der Waals surface area (Å²) in [6.45, 7) is 5.39. The van der Waals surface area contributed by atoms with E-state index in [1.165, 1.54) is 0 Å². The van der Waals surface area contributed by atoms with Gasteiger partial charge in [0.2, 0.25) is 0 Å². The zero-order valence-corrected chi connectivity index (χ0v) is 12.9. The van der Waals surface area contributed by atoms with Crippen molar-refractivity contribution in [3.8, 4) is 22.8 Å². The topological polar surface area (TPSA) is 27.1 Å². The van der Waals surface area contributed by atoms with Crippen LogP contribution in [-0.4, -0.2) is 9.55 Å². The van der Waals surface area contributed by atoms with Gasteiger partial charge in [0.1, 0.15) is 11.5 Å². The second kappa shape index (κ2) is 6.48. The van der Waals surface area contributed by atoms with Crippen LogP contribution in [0.3, 0.4) is 0 Å². The van der Waals surface area contributed by atoms with Gasteiger partial charge in [0.05, 0.1) is 18.2 Å². The minimum absolute atomic E-state index is 0.591. The molecule has 0 saturated heterocycles. The Kier molecular flexibility index (Phi) is 4.24. The predicted octanol–water partition coefficient (Wildman–Crippen LogP) is 5.00. The van der Waals surface area contributed by atoms with Crippen LogP contribution < -0.4 is 4.74 Å². The zero-order valence-electron chi connectivity index (χ0n) is 12.9. The van der Waals surface area contributed by atoms with Gasteiger partial charge in [-0.25, -0.2) is 4.98 Å². The summed E-state index contributed by atoms with van der Waals surface area (Å²) in [4.78, 5) is 4.27. The molecule has 0 N–H and O–H groups in total. The molecule has 0 bridgehead atoms. The maximum absolute atomic E-state index is 5.82. The van der Waals surface area contributed by atoms with Gasteiger partial charge >= 0.3 is 0 Å². The Morgan fingerprint density at radius 1 is 0.955 bits per heavy atom. The summed E-state index contributed by atoms with van der Waals surface area (Å²) in [5.41, 5.74) is 2.29. The fourth-order valence-electron chi connectivity index (χ4n) is 2.42. The van der Waals surface area contributed by atoms with E-state index in [0.717, 1.165) is 29.3 Å². The molecule has 0 aliphatic carbocycles. The normalized spacial score (nSPS) is 10.9. The molecule has 0 spiro atoms. The maximum atomic E-state index is 5.82. The highest BCUT2D eigenvalue weighted by Gasteiger charge is 2.07. The van der Waals surface area contributed by atoms with Crippen LogP contribution in [0.15, 0.2) is 67.1 Å². The van der Waals surface area contributed by atoms with Crippen molar-refractivity contribution in [3.63, 3.8) is 0 Å². The number of para-hydroxylation sites is 1. The van der Waals surface area contributed by atoms with E-state index in [1.807, 2.05) is 55.0 Å². The van der Waals surface area contributed by atoms with E-state index in [0.29, 0.717) is 5.92 Å². The summed E-state index contributed by atoms with van der Waals surface area (Å²) < 4.78 is 8.02. The second-order valence-corrected chi connectivity index (χ2v) is 5.76. The van der Waals surface area contributed by atoms with Crippen LogP contribution >= 0.6 is 0 Å². The van der Waals surface area contributed by atoms with Gasteiger partial charge in [-0.05, 0) is 42.3 Å². The van der Waals surface area contributed by atoms with Crippen LogP contribution in [-0.2, 0) is 6.54 Å². The first-order valence-electron chi connectivity index (χ1n) is 7.56. The number of benzene rings is 2. The first kappa shape index (κ1) is 14.4. The molecule has 0 saturated carbocycles. The van der Waals surface area contributed by atoms with E-state index in [2.05, 4.69) is 35.5 Å². The van der Waals surface area contributed by atoms with Gasteiger partial charge in [0, 0.05) is 12.1 Å². The lowest BCUT2D eigenvalue weighted by Gasteiger charge is -2.11. The number of rotatable bonds is 5. The highest BCUT2D eigenvalue weighted by atomic mass is 16.5. The Morgan fingerprint density at radius 2 is 1.64 bits per heavy atom. The molecule has 3 rings (SSSR count). The van der Waals surface area contributed by atoms with Gasteiger partial charge in [0.15, 0.2) is 0 Å². The van der Waals surface area contributed by atoms with Crippen molar-refractivity contribution in [1.82, 2.24) is 9.55 Å². The van der Waals surface area contributed by atoms with Crippen molar-refractivity contribution in [2.75, 3.05) is 0 Å². The average Bonchev–Trinajstić information content (AvgIpc) is 2.96. The molecule has 0 unspecified atom stereocenters. The molecule has 3 nitrogen and oxygen atoms in total. The Hall–Kier alpha value is -2.55. The quantitative estimate of drug-likeness (QED) is 0.661. The van der Waals surface area contributed by atoms with Gasteiger partial charge < -0.3 is 9.30 Å². The molecular weight excluding hydrogens is 272 g/mol. The molecule has 1 aromatic heterocycles. The van der Waals surface area contributed by atoms with Crippen LogP contribution in [0.2, 0.25) is 0 Å². The van der Waals surface area contributed by atoms with Gasteiger partial charge in [-0.3, -0.25) is 0 Å². The average molecular weight is 292 g/mol. The second-order valence-electron chi connectivity index (χ2n) is 5.76. The molecule has 0 aliphatic heterocycles. The van der Waals surface area contributed by atoms with Gasteiger partial charge in [-0.15, -0.1) is 0 Å². The Morgan fingerprint density at radius 3 is 2.32 bits per heavy atom. The van der Waals surface area contributed by atoms with Crippen molar-refractivity contribution in [2.45, 2.75) is 20.4 Å². The molecule has 3 heteroatoms. The minimum Gasteiger partial charge on any atom is -0.457 e. The lowest BCUT2D eigenvalue weighted by atomic mass is 10.1. The fraction of sp³-hybridized carbons (Fsp3) is 0.211. The van der Waals surface area contributed by atoms with E-state index in [1.54, 1.807) is 0 Å². The third-order valence-electron chi connectivity index (χ3n) is 3.40. The summed E-state index contributed by atoms with van der Waals surface area (Å²) >= 11 is 0. The van der Waals surface area contributed by atoms with Crippen molar-refractivity contribution >= 4 is 0 Å². The van der Waals surface area contributed by atoms with E-state index in [-0.39, 0.29) is 0 Å². The van der Waals surface area contributed by atoms with E-state index < -0.39 is 0 Å².